The molecule has 0 saturated carbocycles. The SMILES string of the molecule is Cn1ccc(C(=O)CN2C3CCC2CC(O)C3)c1. The maximum absolute atomic E-state index is 12.2. The van der Waals surface area contributed by atoms with Crippen LogP contribution in [0.4, 0.5) is 0 Å². The van der Waals surface area contributed by atoms with Crippen molar-refractivity contribution < 1.29 is 9.90 Å². The molecular formula is C14H20N2O2. The van der Waals surface area contributed by atoms with E-state index in [1.165, 1.54) is 0 Å². The largest absolute Gasteiger partial charge is 0.393 e. The van der Waals surface area contributed by atoms with Gasteiger partial charge in [-0.3, -0.25) is 9.69 Å². The van der Waals surface area contributed by atoms with Crippen LogP contribution < -0.4 is 0 Å². The van der Waals surface area contributed by atoms with Crippen molar-refractivity contribution in [3.8, 4) is 0 Å². The van der Waals surface area contributed by atoms with Gasteiger partial charge in [-0.15, -0.1) is 0 Å². The summed E-state index contributed by atoms with van der Waals surface area (Å²) in [5.41, 5.74) is 0.794. The number of aryl methyl sites for hydroxylation is 1. The number of fused-ring (bicyclic) bond motifs is 2. The summed E-state index contributed by atoms with van der Waals surface area (Å²) in [6.07, 6.45) is 7.54. The molecule has 3 rings (SSSR count). The Bertz CT molecular complexity index is 440. The van der Waals surface area contributed by atoms with Crippen LogP contribution in [0.1, 0.15) is 36.0 Å². The standard InChI is InChI=1S/C14H20N2O2/c1-15-5-4-10(8-15)14(18)9-16-11-2-3-12(16)7-13(17)6-11/h4-5,8,11-13,17H,2-3,6-7,9H2,1H3. The van der Waals surface area contributed by atoms with Crippen molar-refractivity contribution in [3.63, 3.8) is 0 Å². The van der Waals surface area contributed by atoms with Gasteiger partial charge in [0.15, 0.2) is 5.78 Å². The summed E-state index contributed by atoms with van der Waals surface area (Å²) in [6, 6.07) is 2.70. The van der Waals surface area contributed by atoms with E-state index in [2.05, 4.69) is 4.90 Å². The molecule has 3 heterocycles. The van der Waals surface area contributed by atoms with Crippen LogP contribution in [-0.4, -0.2) is 45.1 Å². The van der Waals surface area contributed by atoms with E-state index in [1.54, 1.807) is 0 Å². The average Bonchev–Trinajstić information content (AvgIpc) is 2.83. The van der Waals surface area contributed by atoms with Crippen LogP contribution >= 0.6 is 0 Å². The Morgan fingerprint density at radius 3 is 2.61 bits per heavy atom. The third-order valence-corrected chi connectivity index (χ3v) is 4.34. The number of ketones is 1. The van der Waals surface area contributed by atoms with Gasteiger partial charge in [0.05, 0.1) is 12.6 Å². The highest BCUT2D eigenvalue weighted by Gasteiger charge is 2.40. The zero-order valence-corrected chi connectivity index (χ0v) is 10.7. The first-order valence-electron chi connectivity index (χ1n) is 6.72. The van der Waals surface area contributed by atoms with Crippen molar-refractivity contribution in [2.24, 2.45) is 7.05 Å². The summed E-state index contributed by atoms with van der Waals surface area (Å²) < 4.78 is 1.90. The van der Waals surface area contributed by atoms with E-state index in [0.717, 1.165) is 31.2 Å². The Morgan fingerprint density at radius 2 is 2.06 bits per heavy atom. The number of carbonyl (C=O) groups excluding carboxylic acids is 1. The number of rotatable bonds is 3. The smallest absolute Gasteiger partial charge is 0.178 e. The number of aliphatic hydroxyl groups is 1. The Balaban J connectivity index is 1.68. The van der Waals surface area contributed by atoms with Gasteiger partial charge >= 0.3 is 0 Å². The molecule has 2 saturated heterocycles. The van der Waals surface area contributed by atoms with Gasteiger partial charge in [-0.05, 0) is 31.7 Å². The topological polar surface area (TPSA) is 45.5 Å². The van der Waals surface area contributed by atoms with Gasteiger partial charge < -0.3 is 9.67 Å². The maximum Gasteiger partial charge on any atom is 0.178 e. The third-order valence-electron chi connectivity index (χ3n) is 4.34. The molecule has 0 radical (unpaired) electrons. The summed E-state index contributed by atoms with van der Waals surface area (Å²) >= 11 is 0. The van der Waals surface area contributed by atoms with Crippen LogP contribution in [0, 0.1) is 0 Å². The van der Waals surface area contributed by atoms with Crippen LogP contribution in [0.15, 0.2) is 18.5 Å². The van der Waals surface area contributed by atoms with Gasteiger partial charge in [-0.1, -0.05) is 0 Å². The molecule has 18 heavy (non-hydrogen) atoms. The fourth-order valence-electron chi connectivity index (χ4n) is 3.43. The molecule has 1 N–H and O–H groups in total. The summed E-state index contributed by atoms with van der Waals surface area (Å²) in [4.78, 5) is 14.5. The normalized spacial score (nSPS) is 31.8. The molecule has 0 aliphatic carbocycles. The molecule has 4 heteroatoms. The molecule has 2 bridgehead atoms. The van der Waals surface area contributed by atoms with Gasteiger partial charge in [-0.25, -0.2) is 0 Å². The number of carbonyl (C=O) groups is 1. The van der Waals surface area contributed by atoms with E-state index < -0.39 is 0 Å². The van der Waals surface area contributed by atoms with Crippen molar-refractivity contribution in [1.29, 1.82) is 0 Å². The minimum Gasteiger partial charge on any atom is -0.393 e. The molecule has 0 aromatic carbocycles. The lowest BCUT2D eigenvalue weighted by molar-refractivity contribution is 0.0344. The molecule has 2 aliphatic heterocycles. The van der Waals surface area contributed by atoms with Crippen LogP contribution in [0.3, 0.4) is 0 Å². The van der Waals surface area contributed by atoms with Gasteiger partial charge in [0.2, 0.25) is 0 Å². The molecular weight excluding hydrogens is 228 g/mol. The van der Waals surface area contributed by atoms with E-state index in [-0.39, 0.29) is 11.9 Å². The van der Waals surface area contributed by atoms with Crippen LogP contribution in [0.5, 0.6) is 0 Å². The van der Waals surface area contributed by atoms with Gasteiger partial charge in [0.25, 0.3) is 0 Å². The fourth-order valence-corrected chi connectivity index (χ4v) is 3.43. The number of piperidine rings is 1. The molecule has 2 atom stereocenters. The lowest BCUT2D eigenvalue weighted by Gasteiger charge is -2.36. The number of hydrogen-bond acceptors (Lipinski definition) is 3. The van der Waals surface area contributed by atoms with E-state index in [0.29, 0.717) is 18.6 Å². The molecule has 4 nitrogen and oxygen atoms in total. The molecule has 2 unspecified atom stereocenters. The van der Waals surface area contributed by atoms with E-state index in [9.17, 15) is 9.90 Å². The van der Waals surface area contributed by atoms with Crippen molar-refractivity contribution in [3.05, 3.63) is 24.0 Å². The molecule has 98 valence electrons. The molecule has 1 aromatic rings. The predicted octanol–water partition coefficient (Wildman–Crippen LogP) is 1.20. The number of nitrogens with zero attached hydrogens (tertiary/aromatic N) is 2. The minimum absolute atomic E-state index is 0.162. The minimum atomic E-state index is -0.162. The first-order valence-corrected chi connectivity index (χ1v) is 6.72. The first kappa shape index (κ1) is 11.9. The van der Waals surface area contributed by atoms with Gasteiger partial charge in [0, 0.05) is 37.1 Å². The van der Waals surface area contributed by atoms with Crippen LogP contribution in [0.2, 0.25) is 0 Å². The molecule has 2 aliphatic rings. The highest BCUT2D eigenvalue weighted by molar-refractivity contribution is 5.97. The predicted molar refractivity (Wildman–Crippen MR) is 68.5 cm³/mol. The highest BCUT2D eigenvalue weighted by Crippen LogP contribution is 2.35. The Morgan fingerprint density at radius 1 is 1.39 bits per heavy atom. The van der Waals surface area contributed by atoms with E-state index in [4.69, 9.17) is 0 Å². The first-order chi connectivity index (χ1) is 8.63. The van der Waals surface area contributed by atoms with Crippen molar-refractivity contribution >= 4 is 5.78 Å². The van der Waals surface area contributed by atoms with Crippen LogP contribution in [0.25, 0.3) is 0 Å². The van der Waals surface area contributed by atoms with Gasteiger partial charge in [0.1, 0.15) is 0 Å². The fraction of sp³-hybridized carbons (Fsp3) is 0.643. The number of aromatic nitrogens is 1. The lowest BCUT2D eigenvalue weighted by Crippen LogP contribution is -2.46. The monoisotopic (exact) mass is 248 g/mol. The third kappa shape index (κ3) is 2.10. The van der Waals surface area contributed by atoms with E-state index in [1.807, 2.05) is 30.1 Å². The molecule has 1 aromatic heterocycles. The second-order valence-electron chi connectivity index (χ2n) is 5.67. The molecule has 0 spiro atoms. The summed E-state index contributed by atoms with van der Waals surface area (Å²) in [5, 5.41) is 9.75. The van der Waals surface area contributed by atoms with E-state index >= 15 is 0 Å². The molecule has 0 amide bonds. The summed E-state index contributed by atoms with van der Waals surface area (Å²) in [7, 11) is 1.93. The second-order valence-corrected chi connectivity index (χ2v) is 5.67. The Kier molecular flexibility index (Phi) is 2.99. The number of aliphatic hydroxyl groups excluding tert-OH is 1. The second kappa shape index (κ2) is 4.52. The lowest BCUT2D eigenvalue weighted by atomic mass is 9.99. The van der Waals surface area contributed by atoms with Crippen LogP contribution in [-0.2, 0) is 7.05 Å². The van der Waals surface area contributed by atoms with Crippen molar-refractivity contribution in [2.45, 2.75) is 43.9 Å². The molecule has 2 fully saturated rings. The zero-order valence-electron chi connectivity index (χ0n) is 10.7. The van der Waals surface area contributed by atoms with Crippen molar-refractivity contribution in [2.75, 3.05) is 6.54 Å². The Labute approximate surface area is 107 Å². The van der Waals surface area contributed by atoms with Crippen molar-refractivity contribution in [1.82, 2.24) is 9.47 Å². The number of hydrogen-bond donors (Lipinski definition) is 1. The number of Topliss-reactive ketones (excluding diaryl/α,β-unsaturated/α-hetero) is 1. The highest BCUT2D eigenvalue weighted by atomic mass is 16.3. The average molecular weight is 248 g/mol. The summed E-state index contributed by atoms with van der Waals surface area (Å²) in [6.45, 7) is 0.506. The maximum atomic E-state index is 12.2. The zero-order chi connectivity index (χ0) is 12.7. The Hall–Kier alpha value is -1.13. The summed E-state index contributed by atoms with van der Waals surface area (Å²) in [5.74, 6) is 0.198. The quantitative estimate of drug-likeness (QED) is 0.817. The van der Waals surface area contributed by atoms with Gasteiger partial charge in [-0.2, -0.15) is 0 Å².